The molecule has 6 nitrogen and oxygen atoms in total. The highest BCUT2D eigenvalue weighted by Crippen LogP contribution is 2.28. The van der Waals surface area contributed by atoms with E-state index in [1.165, 1.54) is 16.8 Å². The average Bonchev–Trinajstić information content (AvgIpc) is 2.74. The van der Waals surface area contributed by atoms with Crippen LogP contribution in [-0.4, -0.2) is 36.3 Å². The Bertz CT molecular complexity index is 924. The monoisotopic (exact) mass is 375 g/mol. The van der Waals surface area contributed by atoms with Crippen molar-refractivity contribution >= 4 is 23.1 Å². The first-order valence-corrected chi connectivity index (χ1v) is 9.59. The lowest BCUT2D eigenvalue weighted by Gasteiger charge is -2.30. The SMILES string of the molecule is Cc1cccc(CNc2nccc(Nc3ccccc3N3CCOCC3)n2)c1. The Morgan fingerprint density at radius 1 is 1.04 bits per heavy atom. The van der Waals surface area contributed by atoms with E-state index in [1.807, 2.05) is 12.1 Å². The Hall–Kier alpha value is -3.12. The number of nitrogens with zero attached hydrogens (tertiary/aromatic N) is 3. The topological polar surface area (TPSA) is 62.3 Å². The number of hydrogen-bond donors (Lipinski definition) is 2. The number of hydrogen-bond acceptors (Lipinski definition) is 6. The maximum atomic E-state index is 5.47. The second-order valence-electron chi connectivity index (χ2n) is 6.85. The number of para-hydroxylation sites is 2. The summed E-state index contributed by atoms with van der Waals surface area (Å²) in [6, 6.07) is 18.6. The van der Waals surface area contributed by atoms with E-state index in [9.17, 15) is 0 Å². The second-order valence-corrected chi connectivity index (χ2v) is 6.85. The van der Waals surface area contributed by atoms with Crippen LogP contribution in [0.2, 0.25) is 0 Å². The number of benzene rings is 2. The molecule has 1 aromatic heterocycles. The fourth-order valence-electron chi connectivity index (χ4n) is 3.31. The quantitative estimate of drug-likeness (QED) is 0.680. The summed E-state index contributed by atoms with van der Waals surface area (Å²) in [6.45, 7) is 6.09. The van der Waals surface area contributed by atoms with E-state index >= 15 is 0 Å². The molecule has 0 saturated carbocycles. The predicted molar refractivity (Wildman–Crippen MR) is 113 cm³/mol. The lowest BCUT2D eigenvalue weighted by molar-refractivity contribution is 0.123. The van der Waals surface area contributed by atoms with Crippen molar-refractivity contribution in [3.63, 3.8) is 0 Å². The summed E-state index contributed by atoms with van der Waals surface area (Å²) in [7, 11) is 0. The van der Waals surface area contributed by atoms with E-state index in [1.54, 1.807) is 6.20 Å². The number of nitrogens with one attached hydrogen (secondary N) is 2. The fourth-order valence-corrected chi connectivity index (χ4v) is 3.31. The molecule has 1 aliphatic heterocycles. The standard InChI is InChI=1S/C22H25N5O/c1-17-5-4-6-18(15-17)16-24-22-23-10-9-21(26-22)25-19-7-2-3-8-20(19)27-11-13-28-14-12-27/h2-10,15H,11-14,16H2,1H3,(H2,23,24,25,26). The Balaban J connectivity index is 1.46. The summed E-state index contributed by atoms with van der Waals surface area (Å²) in [5.74, 6) is 1.37. The van der Waals surface area contributed by atoms with Crippen LogP contribution in [-0.2, 0) is 11.3 Å². The number of morpholine rings is 1. The molecule has 0 bridgehead atoms. The van der Waals surface area contributed by atoms with Crippen LogP contribution in [0.4, 0.5) is 23.1 Å². The molecule has 2 aromatic carbocycles. The van der Waals surface area contributed by atoms with Crippen molar-refractivity contribution in [1.82, 2.24) is 9.97 Å². The zero-order valence-corrected chi connectivity index (χ0v) is 16.1. The zero-order valence-electron chi connectivity index (χ0n) is 16.1. The molecular weight excluding hydrogens is 350 g/mol. The molecule has 3 aromatic rings. The van der Waals surface area contributed by atoms with Gasteiger partial charge in [-0.05, 0) is 30.7 Å². The van der Waals surface area contributed by atoms with Crippen LogP contribution in [0.3, 0.4) is 0 Å². The van der Waals surface area contributed by atoms with Gasteiger partial charge in [0, 0.05) is 25.8 Å². The molecule has 2 heterocycles. The van der Waals surface area contributed by atoms with Crippen molar-refractivity contribution in [3.05, 3.63) is 71.9 Å². The van der Waals surface area contributed by atoms with Crippen LogP contribution in [0.5, 0.6) is 0 Å². The Morgan fingerprint density at radius 3 is 2.75 bits per heavy atom. The summed E-state index contributed by atoms with van der Waals surface area (Å²) >= 11 is 0. The molecule has 0 aliphatic carbocycles. The molecule has 0 spiro atoms. The summed E-state index contributed by atoms with van der Waals surface area (Å²) < 4.78 is 5.47. The largest absolute Gasteiger partial charge is 0.378 e. The van der Waals surface area contributed by atoms with Crippen molar-refractivity contribution in [2.45, 2.75) is 13.5 Å². The maximum Gasteiger partial charge on any atom is 0.224 e. The Labute approximate surface area is 165 Å². The number of rotatable bonds is 6. The van der Waals surface area contributed by atoms with E-state index < -0.39 is 0 Å². The predicted octanol–water partition coefficient (Wildman–Crippen LogP) is 3.98. The van der Waals surface area contributed by atoms with Gasteiger partial charge in [0.05, 0.1) is 24.6 Å². The molecule has 0 atom stereocenters. The molecule has 0 unspecified atom stereocenters. The summed E-state index contributed by atoms with van der Waals surface area (Å²) in [5, 5.41) is 6.75. The van der Waals surface area contributed by atoms with Crippen molar-refractivity contribution in [1.29, 1.82) is 0 Å². The minimum Gasteiger partial charge on any atom is -0.378 e. The van der Waals surface area contributed by atoms with Gasteiger partial charge >= 0.3 is 0 Å². The van der Waals surface area contributed by atoms with Crippen molar-refractivity contribution < 1.29 is 4.74 Å². The van der Waals surface area contributed by atoms with Crippen LogP contribution in [0.15, 0.2) is 60.8 Å². The molecule has 1 aliphatic rings. The summed E-state index contributed by atoms with van der Waals surface area (Å²) in [4.78, 5) is 11.3. The molecule has 0 amide bonds. The third-order valence-electron chi connectivity index (χ3n) is 4.71. The lowest BCUT2D eigenvalue weighted by atomic mass is 10.1. The minimum atomic E-state index is 0.607. The Kier molecular flexibility index (Phi) is 5.68. The summed E-state index contributed by atoms with van der Waals surface area (Å²) in [5.41, 5.74) is 4.65. The molecule has 4 rings (SSSR count). The summed E-state index contributed by atoms with van der Waals surface area (Å²) in [6.07, 6.45) is 1.77. The lowest BCUT2D eigenvalue weighted by Crippen LogP contribution is -2.36. The highest BCUT2D eigenvalue weighted by atomic mass is 16.5. The van der Waals surface area contributed by atoms with Crippen molar-refractivity contribution in [3.8, 4) is 0 Å². The molecule has 2 N–H and O–H groups in total. The van der Waals surface area contributed by atoms with E-state index in [-0.39, 0.29) is 0 Å². The number of anilines is 4. The maximum absolute atomic E-state index is 5.47. The van der Waals surface area contributed by atoms with Gasteiger partial charge in [-0.25, -0.2) is 4.98 Å². The molecule has 28 heavy (non-hydrogen) atoms. The number of aryl methyl sites for hydroxylation is 1. The highest BCUT2D eigenvalue weighted by molar-refractivity contribution is 5.74. The highest BCUT2D eigenvalue weighted by Gasteiger charge is 2.14. The number of ether oxygens (including phenoxy) is 1. The van der Waals surface area contributed by atoms with E-state index in [4.69, 9.17) is 4.74 Å². The molecule has 6 heteroatoms. The van der Waals surface area contributed by atoms with Crippen molar-refractivity contribution in [2.24, 2.45) is 0 Å². The van der Waals surface area contributed by atoms with Crippen LogP contribution < -0.4 is 15.5 Å². The fraction of sp³-hybridized carbons (Fsp3) is 0.273. The second kappa shape index (κ2) is 8.71. The van der Waals surface area contributed by atoms with Gasteiger partial charge in [0.1, 0.15) is 5.82 Å². The molecule has 0 radical (unpaired) electrons. The van der Waals surface area contributed by atoms with Gasteiger partial charge in [-0.3, -0.25) is 0 Å². The van der Waals surface area contributed by atoms with Gasteiger partial charge in [-0.15, -0.1) is 0 Å². The smallest absolute Gasteiger partial charge is 0.224 e. The van der Waals surface area contributed by atoms with Crippen molar-refractivity contribution in [2.75, 3.05) is 41.8 Å². The third-order valence-corrected chi connectivity index (χ3v) is 4.71. The van der Waals surface area contributed by atoms with E-state index in [0.717, 1.165) is 37.8 Å². The van der Waals surface area contributed by atoms with Crippen LogP contribution in [0.25, 0.3) is 0 Å². The van der Waals surface area contributed by atoms with Crippen LogP contribution in [0, 0.1) is 6.92 Å². The van der Waals surface area contributed by atoms with Gasteiger partial charge < -0.3 is 20.3 Å². The average molecular weight is 375 g/mol. The number of aromatic nitrogens is 2. The van der Waals surface area contributed by atoms with Gasteiger partial charge in [-0.2, -0.15) is 4.98 Å². The van der Waals surface area contributed by atoms with Gasteiger partial charge in [0.25, 0.3) is 0 Å². The zero-order chi connectivity index (χ0) is 19.2. The first-order chi connectivity index (χ1) is 13.8. The van der Waals surface area contributed by atoms with Crippen LogP contribution >= 0.6 is 0 Å². The van der Waals surface area contributed by atoms with Gasteiger partial charge in [0.2, 0.25) is 5.95 Å². The molecular formula is C22H25N5O. The van der Waals surface area contributed by atoms with Gasteiger partial charge in [-0.1, -0.05) is 42.0 Å². The Morgan fingerprint density at radius 2 is 1.89 bits per heavy atom. The van der Waals surface area contributed by atoms with E-state index in [2.05, 4.69) is 74.9 Å². The first-order valence-electron chi connectivity index (χ1n) is 9.59. The third kappa shape index (κ3) is 4.58. The molecule has 1 fully saturated rings. The first kappa shape index (κ1) is 18.3. The minimum absolute atomic E-state index is 0.607. The molecule has 144 valence electrons. The van der Waals surface area contributed by atoms with Gasteiger partial charge in [0.15, 0.2) is 0 Å². The normalized spacial score (nSPS) is 14.0. The van der Waals surface area contributed by atoms with Crippen LogP contribution in [0.1, 0.15) is 11.1 Å². The van der Waals surface area contributed by atoms with E-state index in [0.29, 0.717) is 12.5 Å². The molecule has 1 saturated heterocycles.